The van der Waals surface area contributed by atoms with E-state index in [4.69, 9.17) is 11.2 Å². The van der Waals surface area contributed by atoms with Crippen molar-refractivity contribution in [1.82, 2.24) is 4.90 Å². The fourth-order valence-corrected chi connectivity index (χ4v) is 0.657. The van der Waals surface area contributed by atoms with Crippen LogP contribution in [0, 0.1) is 12.3 Å². The minimum atomic E-state index is 0.407. The summed E-state index contributed by atoms with van der Waals surface area (Å²) in [5.74, 6) is 2.61. The molecule has 0 spiro atoms. The molecule has 0 aromatic rings. The van der Waals surface area contributed by atoms with Crippen LogP contribution >= 0.6 is 0 Å². The van der Waals surface area contributed by atoms with E-state index in [2.05, 4.69) is 17.7 Å². The maximum atomic E-state index is 5.15. The summed E-state index contributed by atoms with van der Waals surface area (Å²) >= 11 is 0. The summed E-state index contributed by atoms with van der Waals surface area (Å²) in [6.45, 7) is 2.72. The Hall–Kier alpha value is -0.520. The molecule has 0 saturated carbocycles. The summed E-state index contributed by atoms with van der Waals surface area (Å²) < 4.78 is 4.93. The van der Waals surface area contributed by atoms with Crippen LogP contribution in [0.25, 0.3) is 0 Å². The van der Waals surface area contributed by atoms with Gasteiger partial charge >= 0.3 is 0 Å². The zero-order valence-corrected chi connectivity index (χ0v) is 6.92. The summed E-state index contributed by atoms with van der Waals surface area (Å²) in [5.41, 5.74) is 0. The van der Waals surface area contributed by atoms with Crippen LogP contribution in [-0.4, -0.2) is 31.8 Å². The first-order valence-electron chi connectivity index (χ1n) is 3.35. The number of terminal acetylenes is 1. The minimum Gasteiger partial charge on any atom is -0.369 e. The summed E-state index contributed by atoms with van der Waals surface area (Å²) in [6, 6.07) is 0.407. The molecular formula is C8H15NO. The normalized spacial score (nSPS) is 13.1. The molecule has 2 heteroatoms. The second kappa shape index (κ2) is 5.28. The Kier molecular flexibility index (Phi) is 5.00. The van der Waals surface area contributed by atoms with Gasteiger partial charge < -0.3 is 4.74 Å². The van der Waals surface area contributed by atoms with Gasteiger partial charge in [-0.3, -0.25) is 4.90 Å². The quantitative estimate of drug-likeness (QED) is 0.426. The molecule has 0 saturated heterocycles. The van der Waals surface area contributed by atoms with Gasteiger partial charge in [-0.15, -0.1) is 12.3 Å². The molecule has 10 heavy (non-hydrogen) atoms. The Labute approximate surface area is 63.2 Å². The predicted molar refractivity (Wildman–Crippen MR) is 42.6 cm³/mol. The SMILES string of the molecule is C#CCC(C)N(C)COC. The van der Waals surface area contributed by atoms with Crippen molar-refractivity contribution < 1.29 is 4.74 Å². The lowest BCUT2D eigenvalue weighted by Crippen LogP contribution is -2.30. The predicted octanol–water partition coefficient (Wildman–Crippen LogP) is 0.934. The van der Waals surface area contributed by atoms with Gasteiger partial charge in [-0.2, -0.15) is 0 Å². The van der Waals surface area contributed by atoms with Crippen molar-refractivity contribution in [1.29, 1.82) is 0 Å². The van der Waals surface area contributed by atoms with Gasteiger partial charge in [-0.1, -0.05) is 0 Å². The largest absolute Gasteiger partial charge is 0.369 e. The molecule has 58 valence electrons. The monoisotopic (exact) mass is 141 g/mol. The molecule has 0 aliphatic carbocycles. The van der Waals surface area contributed by atoms with Crippen LogP contribution in [0.15, 0.2) is 0 Å². The van der Waals surface area contributed by atoms with Gasteiger partial charge in [0.2, 0.25) is 0 Å². The lowest BCUT2D eigenvalue weighted by atomic mass is 10.2. The van der Waals surface area contributed by atoms with E-state index in [1.54, 1.807) is 7.11 Å². The maximum absolute atomic E-state index is 5.15. The zero-order valence-electron chi connectivity index (χ0n) is 6.92. The summed E-state index contributed by atoms with van der Waals surface area (Å²) in [5, 5.41) is 0. The van der Waals surface area contributed by atoms with Crippen molar-refractivity contribution in [3.05, 3.63) is 0 Å². The fraction of sp³-hybridized carbons (Fsp3) is 0.750. The number of methoxy groups -OCH3 is 1. The van der Waals surface area contributed by atoms with E-state index < -0.39 is 0 Å². The Bertz CT molecular complexity index is 117. The van der Waals surface area contributed by atoms with Crippen LogP contribution in [0.5, 0.6) is 0 Å². The van der Waals surface area contributed by atoms with Gasteiger partial charge in [0.05, 0.1) is 6.73 Å². The van der Waals surface area contributed by atoms with Gasteiger partial charge in [0.15, 0.2) is 0 Å². The summed E-state index contributed by atoms with van der Waals surface area (Å²) in [4.78, 5) is 2.07. The van der Waals surface area contributed by atoms with Crippen LogP contribution in [0.3, 0.4) is 0 Å². The van der Waals surface area contributed by atoms with Crippen molar-refractivity contribution in [3.63, 3.8) is 0 Å². The van der Waals surface area contributed by atoms with Crippen molar-refractivity contribution >= 4 is 0 Å². The lowest BCUT2D eigenvalue weighted by Gasteiger charge is -2.21. The molecule has 0 N–H and O–H groups in total. The average Bonchev–Trinajstić information content (AvgIpc) is 1.89. The van der Waals surface area contributed by atoms with Crippen LogP contribution in [0.4, 0.5) is 0 Å². The molecule has 0 aliphatic rings. The molecule has 0 fully saturated rings. The molecule has 0 aliphatic heterocycles. The van der Waals surface area contributed by atoms with Crippen molar-refractivity contribution in [2.45, 2.75) is 19.4 Å². The standard InChI is InChI=1S/C8H15NO/c1-5-6-8(2)9(3)7-10-4/h1,8H,6-7H2,2-4H3. The molecule has 0 rings (SSSR count). The van der Waals surface area contributed by atoms with Crippen LogP contribution < -0.4 is 0 Å². The summed E-state index contributed by atoms with van der Waals surface area (Å²) in [7, 11) is 3.67. The minimum absolute atomic E-state index is 0.407. The van der Waals surface area contributed by atoms with Crippen molar-refractivity contribution in [3.8, 4) is 12.3 Å². The Morgan fingerprint density at radius 3 is 2.70 bits per heavy atom. The van der Waals surface area contributed by atoms with Crippen LogP contribution in [-0.2, 0) is 4.74 Å². The molecule has 2 nitrogen and oxygen atoms in total. The molecule has 1 unspecified atom stereocenters. The second-order valence-corrected chi connectivity index (χ2v) is 2.43. The molecule has 0 radical (unpaired) electrons. The second-order valence-electron chi connectivity index (χ2n) is 2.43. The highest BCUT2D eigenvalue weighted by Crippen LogP contribution is 1.98. The third-order valence-electron chi connectivity index (χ3n) is 1.50. The highest BCUT2D eigenvalue weighted by molar-refractivity contribution is 4.88. The number of rotatable bonds is 4. The smallest absolute Gasteiger partial charge is 0.0986 e. The highest BCUT2D eigenvalue weighted by atomic mass is 16.5. The third kappa shape index (κ3) is 3.49. The van der Waals surface area contributed by atoms with Gasteiger partial charge in [0, 0.05) is 19.6 Å². The average molecular weight is 141 g/mol. The van der Waals surface area contributed by atoms with Crippen molar-refractivity contribution in [2.24, 2.45) is 0 Å². The van der Waals surface area contributed by atoms with Crippen molar-refractivity contribution in [2.75, 3.05) is 20.9 Å². The first kappa shape index (κ1) is 9.48. The van der Waals surface area contributed by atoms with E-state index in [1.165, 1.54) is 0 Å². The Morgan fingerprint density at radius 1 is 1.70 bits per heavy atom. The first-order valence-corrected chi connectivity index (χ1v) is 3.35. The molecule has 0 aromatic heterocycles. The van der Waals surface area contributed by atoms with E-state index in [1.807, 2.05) is 7.05 Å². The molecule has 0 aromatic carbocycles. The van der Waals surface area contributed by atoms with E-state index in [-0.39, 0.29) is 0 Å². The van der Waals surface area contributed by atoms with Gasteiger partial charge in [-0.05, 0) is 14.0 Å². The van der Waals surface area contributed by atoms with E-state index in [9.17, 15) is 0 Å². The zero-order chi connectivity index (χ0) is 7.98. The summed E-state index contributed by atoms with van der Waals surface area (Å²) in [6.07, 6.45) is 5.92. The lowest BCUT2D eigenvalue weighted by molar-refractivity contribution is 0.0592. The molecule has 0 bridgehead atoms. The van der Waals surface area contributed by atoms with E-state index >= 15 is 0 Å². The Morgan fingerprint density at radius 2 is 2.30 bits per heavy atom. The topological polar surface area (TPSA) is 12.5 Å². The van der Waals surface area contributed by atoms with Crippen LogP contribution in [0.1, 0.15) is 13.3 Å². The van der Waals surface area contributed by atoms with E-state index in [0.29, 0.717) is 12.8 Å². The van der Waals surface area contributed by atoms with Gasteiger partial charge in [0.25, 0.3) is 0 Å². The Balaban J connectivity index is 3.50. The van der Waals surface area contributed by atoms with Gasteiger partial charge in [0.1, 0.15) is 0 Å². The van der Waals surface area contributed by atoms with Gasteiger partial charge in [-0.25, -0.2) is 0 Å². The fourth-order valence-electron chi connectivity index (χ4n) is 0.657. The molecule has 0 amide bonds. The molecule has 1 atom stereocenters. The molecule has 0 heterocycles. The first-order chi connectivity index (χ1) is 4.72. The number of nitrogens with zero attached hydrogens (tertiary/aromatic N) is 1. The maximum Gasteiger partial charge on any atom is 0.0986 e. The van der Waals surface area contributed by atoms with Crippen LogP contribution in [0.2, 0.25) is 0 Å². The third-order valence-corrected chi connectivity index (χ3v) is 1.50. The molecular weight excluding hydrogens is 126 g/mol. The van der Waals surface area contributed by atoms with E-state index in [0.717, 1.165) is 6.42 Å². The number of hydrogen-bond donors (Lipinski definition) is 0. The number of hydrogen-bond acceptors (Lipinski definition) is 2. The number of ether oxygens (including phenoxy) is 1. The highest BCUT2D eigenvalue weighted by Gasteiger charge is 2.05.